The predicted octanol–water partition coefficient (Wildman–Crippen LogP) is 2.67. The zero-order chi connectivity index (χ0) is 14.7. The predicted molar refractivity (Wildman–Crippen MR) is 79.9 cm³/mol. The molecule has 2 aromatic rings. The van der Waals surface area contributed by atoms with E-state index in [2.05, 4.69) is 17.4 Å². The SMILES string of the molecule is O=C1NC(c2ccc(-c3ccc(CCO)cc3)cc2)CO1. The molecule has 1 saturated heterocycles. The lowest BCUT2D eigenvalue weighted by atomic mass is 10.00. The second-order valence-corrected chi connectivity index (χ2v) is 5.09. The monoisotopic (exact) mass is 283 g/mol. The van der Waals surface area contributed by atoms with Crippen LogP contribution in [0.1, 0.15) is 17.2 Å². The van der Waals surface area contributed by atoms with E-state index in [1.54, 1.807) is 0 Å². The normalized spacial score (nSPS) is 17.4. The molecule has 0 aromatic heterocycles. The summed E-state index contributed by atoms with van der Waals surface area (Å²) in [5.74, 6) is 0. The highest BCUT2D eigenvalue weighted by atomic mass is 16.6. The fourth-order valence-corrected chi connectivity index (χ4v) is 2.47. The molecule has 0 radical (unpaired) electrons. The fourth-order valence-electron chi connectivity index (χ4n) is 2.47. The van der Waals surface area contributed by atoms with Crippen molar-refractivity contribution in [1.82, 2.24) is 5.32 Å². The number of ether oxygens (including phenoxy) is 1. The number of hydrogen-bond acceptors (Lipinski definition) is 3. The number of rotatable bonds is 4. The Balaban J connectivity index is 1.75. The van der Waals surface area contributed by atoms with Gasteiger partial charge in [-0.05, 0) is 28.7 Å². The number of amides is 1. The van der Waals surface area contributed by atoms with Gasteiger partial charge >= 0.3 is 6.09 Å². The summed E-state index contributed by atoms with van der Waals surface area (Å²) in [5, 5.41) is 11.7. The number of hydrogen-bond donors (Lipinski definition) is 2. The van der Waals surface area contributed by atoms with Gasteiger partial charge in [0.15, 0.2) is 0 Å². The summed E-state index contributed by atoms with van der Waals surface area (Å²) in [5.41, 5.74) is 4.43. The highest BCUT2D eigenvalue weighted by Gasteiger charge is 2.23. The van der Waals surface area contributed by atoms with Crippen molar-refractivity contribution in [3.05, 3.63) is 59.7 Å². The molecule has 1 fully saturated rings. The lowest BCUT2D eigenvalue weighted by molar-refractivity contribution is 0.177. The summed E-state index contributed by atoms with van der Waals surface area (Å²) in [6.45, 7) is 0.553. The van der Waals surface area contributed by atoms with Crippen LogP contribution in [0, 0.1) is 0 Å². The maximum Gasteiger partial charge on any atom is 0.407 e. The van der Waals surface area contributed by atoms with E-state index in [1.165, 1.54) is 0 Å². The average Bonchev–Trinajstić information content (AvgIpc) is 2.95. The summed E-state index contributed by atoms with van der Waals surface area (Å²) in [6, 6.07) is 16.2. The smallest absolute Gasteiger partial charge is 0.407 e. The summed E-state index contributed by atoms with van der Waals surface area (Å²) < 4.78 is 4.90. The highest BCUT2D eigenvalue weighted by Crippen LogP contribution is 2.24. The lowest BCUT2D eigenvalue weighted by Crippen LogP contribution is -2.18. The maximum atomic E-state index is 11.0. The van der Waals surface area contributed by atoms with Crippen LogP contribution in [0.4, 0.5) is 4.79 Å². The molecule has 1 aliphatic heterocycles. The van der Waals surface area contributed by atoms with E-state index in [9.17, 15) is 4.79 Å². The number of nitrogens with one attached hydrogen (secondary N) is 1. The zero-order valence-electron chi connectivity index (χ0n) is 11.6. The topological polar surface area (TPSA) is 58.6 Å². The molecule has 0 spiro atoms. The first kappa shape index (κ1) is 13.6. The Morgan fingerprint density at radius 3 is 2.19 bits per heavy atom. The van der Waals surface area contributed by atoms with Gasteiger partial charge in [-0.25, -0.2) is 4.79 Å². The van der Waals surface area contributed by atoms with Crippen LogP contribution in [0.2, 0.25) is 0 Å². The van der Waals surface area contributed by atoms with Crippen LogP contribution in [0.25, 0.3) is 11.1 Å². The molecule has 4 nitrogen and oxygen atoms in total. The zero-order valence-corrected chi connectivity index (χ0v) is 11.6. The molecule has 1 amide bonds. The van der Waals surface area contributed by atoms with Gasteiger partial charge in [0, 0.05) is 6.61 Å². The minimum atomic E-state index is -0.358. The third kappa shape index (κ3) is 3.06. The van der Waals surface area contributed by atoms with Gasteiger partial charge in [-0.3, -0.25) is 0 Å². The van der Waals surface area contributed by atoms with Crippen molar-refractivity contribution in [2.75, 3.05) is 13.2 Å². The van der Waals surface area contributed by atoms with Gasteiger partial charge in [-0.15, -0.1) is 0 Å². The first-order valence-electron chi connectivity index (χ1n) is 7.00. The van der Waals surface area contributed by atoms with E-state index >= 15 is 0 Å². The molecule has 1 unspecified atom stereocenters. The van der Waals surface area contributed by atoms with Crippen LogP contribution in [0.5, 0.6) is 0 Å². The van der Waals surface area contributed by atoms with E-state index in [-0.39, 0.29) is 18.7 Å². The standard InChI is InChI=1S/C17H17NO3/c19-10-9-12-1-3-13(4-2-12)14-5-7-15(8-6-14)16-11-21-17(20)18-16/h1-8,16,19H,9-11H2,(H,18,20). The molecule has 4 heteroatoms. The minimum Gasteiger partial charge on any atom is -0.447 e. The van der Waals surface area contributed by atoms with Crippen molar-refractivity contribution in [2.24, 2.45) is 0 Å². The Labute approximate surface area is 123 Å². The van der Waals surface area contributed by atoms with E-state index in [4.69, 9.17) is 9.84 Å². The number of aliphatic hydroxyl groups excluding tert-OH is 1. The number of alkyl carbamates (subject to hydrolysis) is 1. The molecule has 1 heterocycles. The lowest BCUT2D eigenvalue weighted by Gasteiger charge is -2.09. The molecule has 0 bridgehead atoms. The van der Waals surface area contributed by atoms with Crippen molar-refractivity contribution >= 4 is 6.09 Å². The van der Waals surface area contributed by atoms with E-state index < -0.39 is 0 Å². The molecule has 2 N–H and O–H groups in total. The Kier molecular flexibility index (Phi) is 3.88. The van der Waals surface area contributed by atoms with Crippen molar-refractivity contribution in [1.29, 1.82) is 0 Å². The van der Waals surface area contributed by atoms with Gasteiger partial charge < -0.3 is 15.2 Å². The molecule has 0 saturated carbocycles. The van der Waals surface area contributed by atoms with Gasteiger partial charge in [0.25, 0.3) is 0 Å². The number of carbonyl (C=O) groups is 1. The summed E-state index contributed by atoms with van der Waals surface area (Å²) in [7, 11) is 0. The molecule has 108 valence electrons. The third-order valence-corrected chi connectivity index (χ3v) is 3.67. The quantitative estimate of drug-likeness (QED) is 0.907. The van der Waals surface area contributed by atoms with Gasteiger partial charge in [-0.1, -0.05) is 48.5 Å². The molecule has 0 aliphatic carbocycles. The summed E-state index contributed by atoms with van der Waals surface area (Å²) in [4.78, 5) is 11.0. The van der Waals surface area contributed by atoms with Crippen LogP contribution in [-0.4, -0.2) is 24.4 Å². The summed E-state index contributed by atoms with van der Waals surface area (Å²) in [6.07, 6.45) is 0.323. The Hall–Kier alpha value is -2.33. The third-order valence-electron chi connectivity index (χ3n) is 3.67. The molecule has 21 heavy (non-hydrogen) atoms. The maximum absolute atomic E-state index is 11.0. The fraction of sp³-hybridized carbons (Fsp3) is 0.235. The van der Waals surface area contributed by atoms with Crippen molar-refractivity contribution in [3.8, 4) is 11.1 Å². The van der Waals surface area contributed by atoms with Crippen LogP contribution in [0.3, 0.4) is 0 Å². The average molecular weight is 283 g/mol. The molecular formula is C17H17NO3. The van der Waals surface area contributed by atoms with Gasteiger partial charge in [0.05, 0.1) is 6.04 Å². The molecule has 2 aromatic carbocycles. The summed E-state index contributed by atoms with van der Waals surface area (Å²) >= 11 is 0. The van der Waals surface area contributed by atoms with E-state index in [1.807, 2.05) is 36.4 Å². The van der Waals surface area contributed by atoms with E-state index in [0.717, 1.165) is 22.3 Å². The number of aliphatic hydroxyl groups is 1. The van der Waals surface area contributed by atoms with Crippen LogP contribution in [0.15, 0.2) is 48.5 Å². The van der Waals surface area contributed by atoms with Crippen LogP contribution >= 0.6 is 0 Å². The second-order valence-electron chi connectivity index (χ2n) is 5.09. The number of carbonyl (C=O) groups excluding carboxylic acids is 1. The van der Waals surface area contributed by atoms with Crippen molar-refractivity contribution in [3.63, 3.8) is 0 Å². The van der Waals surface area contributed by atoms with Crippen molar-refractivity contribution < 1.29 is 14.6 Å². The number of benzene rings is 2. The first-order valence-corrected chi connectivity index (χ1v) is 7.00. The van der Waals surface area contributed by atoms with E-state index in [0.29, 0.717) is 13.0 Å². The van der Waals surface area contributed by atoms with Gasteiger partial charge in [0.2, 0.25) is 0 Å². The Bertz CT molecular complexity index is 619. The first-order chi connectivity index (χ1) is 10.3. The van der Waals surface area contributed by atoms with Crippen molar-refractivity contribution in [2.45, 2.75) is 12.5 Å². The van der Waals surface area contributed by atoms with Gasteiger partial charge in [-0.2, -0.15) is 0 Å². The Morgan fingerprint density at radius 1 is 1.05 bits per heavy atom. The molecule has 3 rings (SSSR count). The Morgan fingerprint density at radius 2 is 1.67 bits per heavy atom. The molecule has 1 aliphatic rings. The van der Waals surface area contributed by atoms with Gasteiger partial charge in [0.1, 0.15) is 6.61 Å². The minimum absolute atomic E-state index is 0.0570. The highest BCUT2D eigenvalue weighted by molar-refractivity contribution is 5.70. The molecule has 1 atom stereocenters. The molecular weight excluding hydrogens is 266 g/mol. The largest absolute Gasteiger partial charge is 0.447 e. The number of cyclic esters (lactones) is 1. The van der Waals surface area contributed by atoms with Crippen LogP contribution < -0.4 is 5.32 Å². The second kappa shape index (κ2) is 5.97. The van der Waals surface area contributed by atoms with Crippen LogP contribution in [-0.2, 0) is 11.2 Å².